The first-order chi connectivity index (χ1) is 45.1. The summed E-state index contributed by atoms with van der Waals surface area (Å²) in [6.07, 6.45) is 0. The van der Waals surface area contributed by atoms with Gasteiger partial charge in [-0.3, -0.25) is 0 Å². The molecule has 17 rings (SSSR count). The van der Waals surface area contributed by atoms with Crippen LogP contribution in [0.2, 0.25) is 0 Å². The van der Waals surface area contributed by atoms with Crippen molar-refractivity contribution in [1.29, 1.82) is 0 Å². The van der Waals surface area contributed by atoms with Gasteiger partial charge in [-0.05, 0) is 178 Å². The lowest BCUT2D eigenvalue weighted by atomic mass is 9.94. The van der Waals surface area contributed by atoms with Gasteiger partial charge in [-0.2, -0.15) is 0 Å². The van der Waals surface area contributed by atoms with Crippen molar-refractivity contribution in [3.05, 3.63) is 352 Å². The number of para-hydroxylation sites is 2. The summed E-state index contributed by atoms with van der Waals surface area (Å²) in [6, 6.07) is 128. The first kappa shape index (κ1) is 53.2. The largest absolute Gasteiger partial charge is 0.456 e. The van der Waals surface area contributed by atoms with Crippen LogP contribution in [0.5, 0.6) is 0 Å². The highest BCUT2D eigenvalue weighted by atomic mass is 16.3. The zero-order valence-electron chi connectivity index (χ0n) is 49.8. The maximum atomic E-state index is 6.32. The van der Waals surface area contributed by atoms with E-state index in [9.17, 15) is 0 Å². The highest BCUT2D eigenvalue weighted by molar-refractivity contribution is 6.15. The SMILES string of the molecule is c1ccc(-c2ccc(-c3ccccc3N(c3cccc(-c4cccc(N(c5ccc(-c6cccc7ccccc67)cc5)c5ccc6c(ccc7cc(-c8cccc9oc%10ccccc%10c89)ccc76)c5)c4)c3)c3ccc(-c4ccccc4)c4ccccc34)cc2)cc1. The molecule has 0 amide bonds. The van der Waals surface area contributed by atoms with Crippen molar-refractivity contribution >= 4 is 99.2 Å². The summed E-state index contributed by atoms with van der Waals surface area (Å²) in [5.41, 5.74) is 22.2. The molecule has 0 fully saturated rings. The van der Waals surface area contributed by atoms with E-state index in [1.54, 1.807) is 0 Å². The third kappa shape index (κ3) is 9.64. The predicted octanol–water partition coefficient (Wildman–Crippen LogP) is 25.1. The number of hydrogen-bond acceptors (Lipinski definition) is 3. The average Bonchev–Trinajstić information content (AvgIpc) is 1.78. The fraction of sp³-hybridized carbons (Fsp3) is 0. The molecule has 0 N–H and O–H groups in total. The van der Waals surface area contributed by atoms with Crippen molar-refractivity contribution in [3.63, 3.8) is 0 Å². The van der Waals surface area contributed by atoms with E-state index >= 15 is 0 Å². The minimum atomic E-state index is 0.900. The molecule has 3 heteroatoms. The van der Waals surface area contributed by atoms with E-state index in [2.05, 4.69) is 356 Å². The van der Waals surface area contributed by atoms with E-state index in [0.717, 1.165) is 89.3 Å². The number of furan rings is 1. The molecule has 17 aromatic rings. The van der Waals surface area contributed by atoms with Gasteiger partial charge in [0.15, 0.2) is 0 Å². The molecule has 0 aliphatic rings. The second-order valence-electron chi connectivity index (χ2n) is 23.5. The van der Waals surface area contributed by atoms with E-state index in [-0.39, 0.29) is 0 Å². The first-order valence-corrected chi connectivity index (χ1v) is 31.2. The molecule has 3 nitrogen and oxygen atoms in total. The van der Waals surface area contributed by atoms with Crippen LogP contribution in [0.1, 0.15) is 0 Å². The predicted molar refractivity (Wildman–Crippen MR) is 386 cm³/mol. The molecule has 0 aliphatic heterocycles. The Labute approximate surface area is 528 Å². The normalized spacial score (nSPS) is 11.5. The van der Waals surface area contributed by atoms with Gasteiger partial charge >= 0.3 is 0 Å². The van der Waals surface area contributed by atoms with Crippen molar-refractivity contribution in [3.8, 4) is 66.8 Å². The minimum absolute atomic E-state index is 0.900. The highest BCUT2D eigenvalue weighted by Crippen LogP contribution is 2.48. The molecule has 91 heavy (non-hydrogen) atoms. The molecular weight excluding hydrogens is 1100 g/mol. The quantitative estimate of drug-likeness (QED) is 0.114. The Balaban J connectivity index is 0.789. The summed E-state index contributed by atoms with van der Waals surface area (Å²) in [5, 5.41) is 11.9. The standard InChI is InChI=1S/C88H58N2O/c1-3-19-59(20-4-1)60-39-41-64(42-40-60)79-30-11-13-36-84(79)90(85-54-53-76(61-21-5-2-6-22-61)81-31-9-10-32-82(81)85)72-28-16-26-66(57-72)65-25-15-27-71(56-65)89(70-48-45-63(46-49-70)75-34-17-24-62-23-7-8-29-74(62)75)73-50-52-78-69(58-73)44-43-67-55-68(47-51-77(67)78)80-35-18-38-87-88(80)83-33-12-14-37-86(83)91-87/h1-58H. The molecule has 0 spiro atoms. The van der Waals surface area contributed by atoms with Crippen LogP contribution in [0.15, 0.2) is 356 Å². The van der Waals surface area contributed by atoms with Gasteiger partial charge in [0, 0.05) is 44.5 Å². The summed E-state index contributed by atoms with van der Waals surface area (Å²) < 4.78 is 6.32. The molecule has 0 saturated carbocycles. The number of anilines is 6. The summed E-state index contributed by atoms with van der Waals surface area (Å²) in [5.74, 6) is 0. The van der Waals surface area contributed by atoms with E-state index in [1.165, 1.54) is 76.6 Å². The monoisotopic (exact) mass is 1160 g/mol. The lowest BCUT2D eigenvalue weighted by Crippen LogP contribution is -2.12. The number of nitrogens with zero attached hydrogens (tertiary/aromatic N) is 2. The van der Waals surface area contributed by atoms with Gasteiger partial charge in [0.1, 0.15) is 11.2 Å². The third-order valence-electron chi connectivity index (χ3n) is 18.2. The maximum absolute atomic E-state index is 6.32. The van der Waals surface area contributed by atoms with E-state index in [4.69, 9.17) is 4.42 Å². The van der Waals surface area contributed by atoms with Crippen molar-refractivity contribution in [1.82, 2.24) is 0 Å². The summed E-state index contributed by atoms with van der Waals surface area (Å²) in [6.45, 7) is 0. The zero-order valence-corrected chi connectivity index (χ0v) is 49.8. The Morgan fingerprint density at radius 2 is 0.659 bits per heavy atom. The highest BCUT2D eigenvalue weighted by Gasteiger charge is 2.23. The van der Waals surface area contributed by atoms with Crippen molar-refractivity contribution in [2.45, 2.75) is 0 Å². The number of fused-ring (bicyclic) bond motifs is 8. The fourth-order valence-electron chi connectivity index (χ4n) is 13.9. The van der Waals surface area contributed by atoms with Crippen LogP contribution >= 0.6 is 0 Å². The van der Waals surface area contributed by atoms with Crippen LogP contribution in [0, 0.1) is 0 Å². The average molecular weight is 1160 g/mol. The van der Waals surface area contributed by atoms with E-state index in [0.29, 0.717) is 0 Å². The summed E-state index contributed by atoms with van der Waals surface area (Å²) in [4.78, 5) is 4.88. The molecule has 0 bridgehead atoms. The van der Waals surface area contributed by atoms with Gasteiger partial charge < -0.3 is 14.2 Å². The Kier molecular flexibility index (Phi) is 13.2. The number of benzene rings is 16. The Bertz CT molecular complexity index is 5590. The van der Waals surface area contributed by atoms with Crippen molar-refractivity contribution < 1.29 is 4.42 Å². The van der Waals surface area contributed by atoms with E-state index in [1.807, 2.05) is 6.07 Å². The molecule has 0 saturated heterocycles. The molecule has 16 aromatic carbocycles. The lowest BCUT2D eigenvalue weighted by molar-refractivity contribution is 0.669. The Morgan fingerprint density at radius 3 is 1.44 bits per heavy atom. The van der Waals surface area contributed by atoms with Crippen LogP contribution in [-0.2, 0) is 0 Å². The second kappa shape index (κ2) is 22.6. The first-order valence-electron chi connectivity index (χ1n) is 31.2. The summed E-state index contributed by atoms with van der Waals surface area (Å²) >= 11 is 0. The van der Waals surface area contributed by atoms with Crippen molar-refractivity contribution in [2.24, 2.45) is 0 Å². The Morgan fingerprint density at radius 1 is 0.187 bits per heavy atom. The topological polar surface area (TPSA) is 19.6 Å². The van der Waals surface area contributed by atoms with Gasteiger partial charge in [-0.25, -0.2) is 0 Å². The fourth-order valence-corrected chi connectivity index (χ4v) is 13.9. The summed E-state index contributed by atoms with van der Waals surface area (Å²) in [7, 11) is 0. The molecule has 0 atom stereocenters. The van der Waals surface area contributed by atoms with Gasteiger partial charge in [0.25, 0.3) is 0 Å². The van der Waals surface area contributed by atoms with Crippen LogP contribution in [0.25, 0.3) is 132 Å². The molecule has 0 aliphatic carbocycles. The molecule has 1 heterocycles. The van der Waals surface area contributed by atoms with Crippen LogP contribution in [0.4, 0.5) is 34.1 Å². The maximum Gasteiger partial charge on any atom is 0.136 e. The van der Waals surface area contributed by atoms with Gasteiger partial charge in [-0.1, -0.05) is 273 Å². The van der Waals surface area contributed by atoms with Crippen LogP contribution in [0.3, 0.4) is 0 Å². The number of hydrogen-bond donors (Lipinski definition) is 0. The van der Waals surface area contributed by atoms with E-state index < -0.39 is 0 Å². The lowest BCUT2D eigenvalue weighted by Gasteiger charge is -2.30. The molecule has 1 aromatic heterocycles. The number of rotatable bonds is 12. The molecule has 426 valence electrons. The minimum Gasteiger partial charge on any atom is -0.456 e. The molecule has 0 unspecified atom stereocenters. The Hall–Kier alpha value is -12.0. The molecule has 0 radical (unpaired) electrons. The third-order valence-corrected chi connectivity index (χ3v) is 18.2. The second-order valence-corrected chi connectivity index (χ2v) is 23.5. The molecular formula is C88H58N2O. The van der Waals surface area contributed by atoms with Crippen LogP contribution < -0.4 is 9.80 Å². The zero-order chi connectivity index (χ0) is 60.2. The van der Waals surface area contributed by atoms with Gasteiger partial charge in [-0.15, -0.1) is 0 Å². The van der Waals surface area contributed by atoms with Crippen LogP contribution in [-0.4, -0.2) is 0 Å². The van der Waals surface area contributed by atoms with Gasteiger partial charge in [0.2, 0.25) is 0 Å². The van der Waals surface area contributed by atoms with Gasteiger partial charge in [0.05, 0.1) is 11.4 Å². The smallest absolute Gasteiger partial charge is 0.136 e. The van der Waals surface area contributed by atoms with Crippen molar-refractivity contribution in [2.75, 3.05) is 9.80 Å².